The van der Waals surface area contributed by atoms with Crippen LogP contribution in [0.4, 0.5) is 5.69 Å². The number of Topliss-reactive ketones (excluding diaryl/α,β-unsaturated/α-hetero) is 1. The van der Waals surface area contributed by atoms with Gasteiger partial charge < -0.3 is 15.4 Å². The van der Waals surface area contributed by atoms with E-state index in [4.69, 9.17) is 15.9 Å². The lowest BCUT2D eigenvalue weighted by molar-refractivity contribution is -0.121. The molecule has 21 heavy (non-hydrogen) atoms. The lowest BCUT2D eigenvalue weighted by Gasteiger charge is -2.30. The molecule has 0 fully saturated rings. The van der Waals surface area contributed by atoms with Gasteiger partial charge in [-0.3, -0.25) is 15.0 Å². The van der Waals surface area contributed by atoms with Crippen molar-refractivity contribution in [1.82, 2.24) is 0 Å². The van der Waals surface area contributed by atoms with Crippen molar-refractivity contribution in [2.45, 2.75) is 20.3 Å². The summed E-state index contributed by atoms with van der Waals surface area (Å²) in [5, 5.41) is 7.17. The third kappa shape index (κ3) is 3.39. The van der Waals surface area contributed by atoms with Crippen molar-refractivity contribution in [3.05, 3.63) is 23.8 Å². The predicted molar refractivity (Wildman–Crippen MR) is 80.0 cm³/mol. The van der Waals surface area contributed by atoms with Crippen LogP contribution in [0, 0.1) is 11.3 Å². The molecule has 0 saturated carbocycles. The molecule has 0 radical (unpaired) electrons. The number of nitrogens with zero attached hydrogens (tertiary/aromatic N) is 1. The summed E-state index contributed by atoms with van der Waals surface area (Å²) in [6.07, 6.45) is -0.118. The molecule has 112 valence electrons. The molecule has 0 aliphatic carbocycles. The van der Waals surface area contributed by atoms with Gasteiger partial charge in [-0.25, -0.2) is 0 Å². The minimum absolute atomic E-state index is 0.0237. The normalized spacial score (nSPS) is 13.9. The van der Waals surface area contributed by atoms with Crippen LogP contribution in [0.25, 0.3) is 0 Å². The van der Waals surface area contributed by atoms with E-state index in [-0.39, 0.29) is 30.6 Å². The monoisotopic (exact) mass is 289 g/mol. The second-order valence-electron chi connectivity index (χ2n) is 5.49. The first-order chi connectivity index (χ1) is 9.88. The Morgan fingerprint density at radius 2 is 2.19 bits per heavy atom. The van der Waals surface area contributed by atoms with Gasteiger partial charge in [0, 0.05) is 12.1 Å². The van der Waals surface area contributed by atoms with Gasteiger partial charge >= 0.3 is 0 Å². The van der Waals surface area contributed by atoms with Crippen molar-refractivity contribution in [3.8, 4) is 5.75 Å². The quantitative estimate of drug-likeness (QED) is 0.488. The third-order valence-electron chi connectivity index (χ3n) is 3.12. The number of rotatable bonds is 5. The highest BCUT2D eigenvalue weighted by atomic mass is 16.5. The van der Waals surface area contributed by atoms with Crippen LogP contribution in [0.2, 0.25) is 0 Å². The summed E-state index contributed by atoms with van der Waals surface area (Å²) in [6.45, 7) is 4.65. The topological polar surface area (TPSA) is 96.5 Å². The highest BCUT2D eigenvalue weighted by Crippen LogP contribution is 2.33. The average molecular weight is 289 g/mol. The van der Waals surface area contributed by atoms with E-state index in [9.17, 15) is 9.59 Å². The summed E-state index contributed by atoms with van der Waals surface area (Å²) < 4.78 is 5.41. The van der Waals surface area contributed by atoms with Gasteiger partial charge in [-0.1, -0.05) is 13.8 Å². The van der Waals surface area contributed by atoms with Gasteiger partial charge in [0.05, 0.1) is 17.9 Å². The third-order valence-corrected chi connectivity index (χ3v) is 3.12. The Morgan fingerprint density at radius 3 is 2.81 bits per heavy atom. The number of nitrogens with two attached hydrogens (primary N) is 1. The van der Waals surface area contributed by atoms with E-state index in [1.54, 1.807) is 23.1 Å². The van der Waals surface area contributed by atoms with Crippen LogP contribution in [0.3, 0.4) is 0 Å². The van der Waals surface area contributed by atoms with Crippen LogP contribution in [0.15, 0.2) is 18.2 Å². The van der Waals surface area contributed by atoms with Crippen molar-refractivity contribution in [3.63, 3.8) is 0 Å². The largest absolute Gasteiger partial charge is 0.482 e. The number of hydrogen-bond acceptors (Lipinski definition) is 4. The van der Waals surface area contributed by atoms with Gasteiger partial charge in [0.15, 0.2) is 12.4 Å². The maximum Gasteiger partial charge on any atom is 0.265 e. The number of carbonyl (C=O) groups excluding carboxylic acids is 2. The molecule has 1 aromatic rings. The van der Waals surface area contributed by atoms with E-state index in [1.807, 2.05) is 13.8 Å². The molecule has 1 amide bonds. The van der Waals surface area contributed by atoms with Gasteiger partial charge in [-0.2, -0.15) is 0 Å². The van der Waals surface area contributed by atoms with Crippen LogP contribution in [0.1, 0.15) is 30.6 Å². The fourth-order valence-corrected chi connectivity index (χ4v) is 2.22. The van der Waals surface area contributed by atoms with Gasteiger partial charge in [0.25, 0.3) is 5.91 Å². The molecular formula is C15H19N3O3. The summed E-state index contributed by atoms with van der Waals surface area (Å²) in [7, 11) is 0. The van der Waals surface area contributed by atoms with Crippen LogP contribution in [-0.2, 0) is 4.79 Å². The molecule has 6 heteroatoms. The highest BCUT2D eigenvalue weighted by Gasteiger charge is 2.26. The fraction of sp³-hybridized carbons (Fsp3) is 0.400. The molecule has 1 aromatic carbocycles. The second kappa shape index (κ2) is 5.95. The zero-order valence-corrected chi connectivity index (χ0v) is 12.2. The first kappa shape index (κ1) is 15.0. The maximum atomic E-state index is 11.9. The first-order valence-electron chi connectivity index (χ1n) is 6.81. The minimum Gasteiger partial charge on any atom is -0.482 e. The molecule has 1 aliphatic heterocycles. The minimum atomic E-state index is -0.235. The molecule has 0 aromatic heterocycles. The van der Waals surface area contributed by atoms with E-state index < -0.39 is 0 Å². The molecule has 1 heterocycles. The summed E-state index contributed by atoms with van der Waals surface area (Å²) in [6, 6.07) is 4.96. The van der Waals surface area contributed by atoms with Gasteiger partial charge in [-0.05, 0) is 24.1 Å². The summed E-state index contributed by atoms with van der Waals surface area (Å²) >= 11 is 0. The van der Waals surface area contributed by atoms with Crippen molar-refractivity contribution < 1.29 is 14.3 Å². The predicted octanol–water partition coefficient (Wildman–Crippen LogP) is 1.58. The summed E-state index contributed by atoms with van der Waals surface area (Å²) in [5.41, 5.74) is 6.35. The van der Waals surface area contributed by atoms with Crippen molar-refractivity contribution in [2.24, 2.45) is 11.7 Å². The number of ether oxygens (including phenoxy) is 1. The zero-order valence-electron chi connectivity index (χ0n) is 12.2. The molecular weight excluding hydrogens is 270 g/mol. The molecule has 0 unspecified atom stereocenters. The number of nitrogens with one attached hydrogen (secondary N) is 1. The Balaban J connectivity index is 2.30. The van der Waals surface area contributed by atoms with Gasteiger partial charge in [0.2, 0.25) is 0 Å². The lowest BCUT2D eigenvalue weighted by Crippen LogP contribution is -2.41. The molecule has 6 nitrogen and oxygen atoms in total. The molecule has 2 rings (SSSR count). The van der Waals surface area contributed by atoms with Gasteiger partial charge in [0.1, 0.15) is 5.75 Å². The van der Waals surface area contributed by atoms with Gasteiger partial charge in [-0.15, -0.1) is 0 Å². The lowest BCUT2D eigenvalue weighted by atomic mass is 10.0. The van der Waals surface area contributed by atoms with Crippen molar-refractivity contribution in [2.75, 3.05) is 18.1 Å². The van der Waals surface area contributed by atoms with Crippen LogP contribution in [0.5, 0.6) is 5.75 Å². The van der Waals surface area contributed by atoms with Crippen LogP contribution < -0.4 is 15.4 Å². The van der Waals surface area contributed by atoms with Crippen molar-refractivity contribution >= 4 is 23.2 Å². The number of amidine groups is 1. The fourth-order valence-electron chi connectivity index (χ4n) is 2.22. The Labute approximate surface area is 123 Å². The Bertz CT molecular complexity index is 596. The van der Waals surface area contributed by atoms with Crippen LogP contribution >= 0.6 is 0 Å². The Morgan fingerprint density at radius 1 is 1.48 bits per heavy atom. The van der Waals surface area contributed by atoms with E-state index in [2.05, 4.69) is 0 Å². The molecule has 0 bridgehead atoms. The van der Waals surface area contributed by atoms with Crippen molar-refractivity contribution in [1.29, 1.82) is 5.41 Å². The Hall–Kier alpha value is -2.37. The summed E-state index contributed by atoms with van der Waals surface area (Å²) in [5.74, 6) is 0.360. The smallest absolute Gasteiger partial charge is 0.265 e. The number of anilines is 1. The molecule has 0 saturated heterocycles. The summed E-state index contributed by atoms with van der Waals surface area (Å²) in [4.78, 5) is 25.5. The van der Waals surface area contributed by atoms with E-state index in [0.717, 1.165) is 0 Å². The number of benzene rings is 1. The second-order valence-corrected chi connectivity index (χ2v) is 5.49. The number of amides is 1. The standard InChI is InChI=1S/C15H19N3O3/c1-9(2)7-18-11-4-3-10(12(19)6-14(16)17)5-13(11)21-8-15(18)20/h3-5,9H,6-8H2,1-2H3,(H3,16,17). The zero-order chi connectivity index (χ0) is 15.6. The maximum absolute atomic E-state index is 11.9. The van der Waals surface area contributed by atoms with Crippen LogP contribution in [-0.4, -0.2) is 30.7 Å². The number of hydrogen-bond donors (Lipinski definition) is 2. The SMILES string of the molecule is CC(C)CN1C(=O)COc2cc(C(=O)CC(=N)N)ccc21. The molecule has 0 spiro atoms. The molecule has 1 aliphatic rings. The number of carbonyl (C=O) groups is 2. The van der Waals surface area contributed by atoms with E-state index >= 15 is 0 Å². The average Bonchev–Trinajstić information content (AvgIpc) is 2.40. The van der Waals surface area contributed by atoms with E-state index in [0.29, 0.717) is 29.5 Å². The first-order valence-corrected chi connectivity index (χ1v) is 6.81. The van der Waals surface area contributed by atoms with E-state index in [1.165, 1.54) is 0 Å². The Kier molecular flexibility index (Phi) is 4.26. The molecule has 3 N–H and O–H groups in total. The number of fused-ring (bicyclic) bond motifs is 1. The highest BCUT2D eigenvalue weighted by molar-refractivity contribution is 6.08. The number of ketones is 1. The molecule has 0 atom stereocenters.